The Hall–Kier alpha value is -2.52. The summed E-state index contributed by atoms with van der Waals surface area (Å²) in [5.74, 6) is 0.663. The van der Waals surface area contributed by atoms with Crippen molar-refractivity contribution in [3.8, 4) is 0 Å². The number of carbonyl (C=O) groups is 1. The van der Waals surface area contributed by atoms with Gasteiger partial charge in [0, 0.05) is 37.9 Å². The summed E-state index contributed by atoms with van der Waals surface area (Å²) in [5.41, 5.74) is 2.19. The van der Waals surface area contributed by atoms with Crippen LogP contribution in [0.25, 0.3) is 0 Å². The lowest BCUT2D eigenvalue weighted by atomic mass is 9.80. The predicted octanol–water partition coefficient (Wildman–Crippen LogP) is 1.39. The highest BCUT2D eigenvalue weighted by atomic mass is 16.5. The number of hydrogen-bond donors (Lipinski definition) is 0. The minimum atomic E-state index is -0.304. The van der Waals surface area contributed by atoms with Crippen LogP contribution < -0.4 is 4.90 Å². The summed E-state index contributed by atoms with van der Waals surface area (Å²) >= 11 is 0. The molecule has 1 spiro atoms. The third-order valence-electron chi connectivity index (χ3n) is 6.01. The molecule has 5 rings (SSSR count). The molecule has 2 aromatic rings. The normalized spacial score (nSPS) is 29.3. The topological polar surface area (TPSA) is 93.8 Å². The zero-order chi connectivity index (χ0) is 20.0. The Bertz CT molecular complexity index is 894. The lowest BCUT2D eigenvalue weighted by molar-refractivity contribution is -0.00584. The van der Waals surface area contributed by atoms with Crippen molar-refractivity contribution in [3.63, 3.8) is 0 Å². The molecule has 5 heterocycles. The fourth-order valence-corrected chi connectivity index (χ4v) is 4.73. The molecule has 9 nitrogen and oxygen atoms in total. The third-order valence-corrected chi connectivity index (χ3v) is 6.01. The van der Waals surface area contributed by atoms with Gasteiger partial charge in [0.25, 0.3) is 5.91 Å². The highest BCUT2D eigenvalue weighted by molar-refractivity contribution is 5.93. The Labute approximate surface area is 169 Å². The number of ether oxygens (including phenoxy) is 2. The molecule has 2 unspecified atom stereocenters. The van der Waals surface area contributed by atoms with E-state index in [2.05, 4.69) is 28.9 Å². The molecule has 1 amide bonds. The first-order chi connectivity index (χ1) is 14.0. The number of carbonyl (C=O) groups excluding carboxylic acids is 1. The van der Waals surface area contributed by atoms with Gasteiger partial charge in [-0.05, 0) is 20.3 Å². The van der Waals surface area contributed by atoms with E-state index in [0.717, 1.165) is 36.7 Å². The number of likely N-dealkylation sites (tertiary alicyclic amines) is 1. The van der Waals surface area contributed by atoms with Gasteiger partial charge >= 0.3 is 0 Å². The molecule has 9 heteroatoms. The van der Waals surface area contributed by atoms with E-state index in [9.17, 15) is 4.79 Å². The Morgan fingerprint density at radius 3 is 2.83 bits per heavy atom. The SMILES string of the molecule is CC1CN(c2ncc3c(n2)[C@]2(CCN(C(=O)c4cnoc4)C2)COC3)CC(C)O1. The highest BCUT2D eigenvalue weighted by Crippen LogP contribution is 2.40. The van der Waals surface area contributed by atoms with Gasteiger partial charge in [-0.25, -0.2) is 9.97 Å². The summed E-state index contributed by atoms with van der Waals surface area (Å²) in [7, 11) is 0. The largest absolute Gasteiger partial charge is 0.376 e. The lowest BCUT2D eigenvalue weighted by Gasteiger charge is -2.38. The van der Waals surface area contributed by atoms with Crippen LogP contribution in [0, 0.1) is 0 Å². The van der Waals surface area contributed by atoms with Gasteiger partial charge in [-0.15, -0.1) is 0 Å². The number of amides is 1. The fraction of sp³-hybridized carbons (Fsp3) is 0.600. The summed E-state index contributed by atoms with van der Waals surface area (Å²) in [6.07, 6.45) is 5.81. The molecule has 0 radical (unpaired) electrons. The lowest BCUT2D eigenvalue weighted by Crippen LogP contribution is -2.47. The molecule has 0 saturated carbocycles. The van der Waals surface area contributed by atoms with Gasteiger partial charge in [0.1, 0.15) is 6.26 Å². The molecule has 3 atom stereocenters. The van der Waals surface area contributed by atoms with Crippen LogP contribution in [0.4, 0.5) is 5.95 Å². The summed E-state index contributed by atoms with van der Waals surface area (Å²) < 4.78 is 16.6. The summed E-state index contributed by atoms with van der Waals surface area (Å²) in [4.78, 5) is 26.4. The van der Waals surface area contributed by atoms with Crippen molar-refractivity contribution < 1.29 is 18.8 Å². The van der Waals surface area contributed by atoms with Crippen LogP contribution in [0.2, 0.25) is 0 Å². The van der Waals surface area contributed by atoms with E-state index in [-0.39, 0.29) is 23.5 Å². The predicted molar refractivity (Wildman–Crippen MR) is 103 cm³/mol. The summed E-state index contributed by atoms with van der Waals surface area (Å²) in [6.45, 7) is 7.96. The molecule has 0 N–H and O–H groups in total. The number of fused-ring (bicyclic) bond motifs is 2. The average Bonchev–Trinajstić information content (AvgIpc) is 3.38. The number of anilines is 1. The zero-order valence-electron chi connectivity index (χ0n) is 16.7. The minimum Gasteiger partial charge on any atom is -0.376 e. The maximum absolute atomic E-state index is 12.8. The number of rotatable bonds is 2. The Kier molecular flexibility index (Phi) is 4.51. The van der Waals surface area contributed by atoms with E-state index in [1.54, 1.807) is 0 Å². The van der Waals surface area contributed by atoms with Crippen molar-refractivity contribution in [1.82, 2.24) is 20.0 Å². The quantitative estimate of drug-likeness (QED) is 0.748. The number of morpholine rings is 1. The Morgan fingerprint density at radius 2 is 2.07 bits per heavy atom. The van der Waals surface area contributed by atoms with Crippen LogP contribution in [0.3, 0.4) is 0 Å². The van der Waals surface area contributed by atoms with E-state index < -0.39 is 0 Å². The van der Waals surface area contributed by atoms with Gasteiger partial charge in [0.2, 0.25) is 5.95 Å². The molecular formula is C20H25N5O4. The molecule has 2 saturated heterocycles. The van der Waals surface area contributed by atoms with Crippen LogP contribution >= 0.6 is 0 Å². The van der Waals surface area contributed by atoms with Crippen molar-refractivity contribution in [2.45, 2.75) is 44.5 Å². The van der Waals surface area contributed by atoms with Crippen molar-refractivity contribution in [2.24, 2.45) is 0 Å². The van der Waals surface area contributed by atoms with Crippen molar-refractivity contribution in [2.75, 3.05) is 37.7 Å². The van der Waals surface area contributed by atoms with Gasteiger partial charge < -0.3 is 23.8 Å². The molecule has 0 aromatic carbocycles. The van der Waals surface area contributed by atoms with E-state index in [4.69, 9.17) is 19.0 Å². The molecule has 3 aliphatic rings. The highest BCUT2D eigenvalue weighted by Gasteiger charge is 2.46. The molecular weight excluding hydrogens is 374 g/mol. The summed E-state index contributed by atoms with van der Waals surface area (Å²) in [6, 6.07) is 0. The van der Waals surface area contributed by atoms with E-state index in [0.29, 0.717) is 31.9 Å². The second-order valence-corrected chi connectivity index (χ2v) is 8.37. The smallest absolute Gasteiger partial charge is 0.258 e. The van der Waals surface area contributed by atoms with Crippen molar-refractivity contribution in [3.05, 3.63) is 35.5 Å². The number of nitrogens with zero attached hydrogens (tertiary/aromatic N) is 5. The molecule has 154 valence electrons. The number of hydrogen-bond acceptors (Lipinski definition) is 8. The van der Waals surface area contributed by atoms with Crippen LogP contribution in [-0.2, 0) is 21.5 Å². The Balaban J connectivity index is 1.43. The molecule has 0 bridgehead atoms. The van der Waals surface area contributed by atoms with Crippen molar-refractivity contribution in [1.29, 1.82) is 0 Å². The first-order valence-corrected chi connectivity index (χ1v) is 10.1. The van der Waals surface area contributed by atoms with Crippen LogP contribution in [0.5, 0.6) is 0 Å². The first kappa shape index (κ1) is 18.5. The van der Waals surface area contributed by atoms with Crippen LogP contribution in [-0.4, -0.2) is 70.9 Å². The van der Waals surface area contributed by atoms with Gasteiger partial charge in [-0.1, -0.05) is 5.16 Å². The molecule has 29 heavy (non-hydrogen) atoms. The molecule has 2 aromatic heterocycles. The molecule has 3 aliphatic heterocycles. The second-order valence-electron chi connectivity index (χ2n) is 8.37. The van der Waals surface area contributed by atoms with Crippen LogP contribution in [0.15, 0.2) is 23.2 Å². The molecule has 0 aliphatic carbocycles. The average molecular weight is 399 g/mol. The van der Waals surface area contributed by atoms with Crippen molar-refractivity contribution >= 4 is 11.9 Å². The first-order valence-electron chi connectivity index (χ1n) is 10.1. The Morgan fingerprint density at radius 1 is 1.24 bits per heavy atom. The van der Waals surface area contributed by atoms with Gasteiger partial charge in [-0.3, -0.25) is 4.79 Å². The second kappa shape index (κ2) is 7.07. The van der Waals surface area contributed by atoms with E-state index in [1.807, 2.05) is 11.1 Å². The zero-order valence-corrected chi connectivity index (χ0v) is 16.7. The van der Waals surface area contributed by atoms with E-state index in [1.165, 1.54) is 12.5 Å². The van der Waals surface area contributed by atoms with Gasteiger partial charge in [-0.2, -0.15) is 0 Å². The van der Waals surface area contributed by atoms with Gasteiger partial charge in [0.05, 0.1) is 48.3 Å². The van der Waals surface area contributed by atoms with Crippen LogP contribution in [0.1, 0.15) is 41.9 Å². The van der Waals surface area contributed by atoms with E-state index >= 15 is 0 Å². The fourth-order valence-electron chi connectivity index (χ4n) is 4.73. The monoisotopic (exact) mass is 399 g/mol. The minimum absolute atomic E-state index is 0.0691. The standard InChI is InChI=1S/C20H25N5O4/c1-13-7-25(8-14(2)29-13)19-21-5-15-9-27-12-20(17(15)23-19)3-4-24(11-20)18(26)16-6-22-28-10-16/h5-6,10,13-14H,3-4,7-9,11-12H2,1-2H3/t13?,14?,20-/m0/s1. The summed E-state index contributed by atoms with van der Waals surface area (Å²) in [5, 5.41) is 3.65. The maximum Gasteiger partial charge on any atom is 0.258 e. The van der Waals surface area contributed by atoms with Gasteiger partial charge in [0.15, 0.2) is 0 Å². The number of aromatic nitrogens is 3. The maximum atomic E-state index is 12.8. The third kappa shape index (κ3) is 3.28. The molecule has 2 fully saturated rings.